The molecule has 9 nitrogen and oxygen atoms in total. The van der Waals surface area contributed by atoms with Crippen LogP contribution >= 0.6 is 0 Å². The first-order valence-corrected chi connectivity index (χ1v) is 10.4. The van der Waals surface area contributed by atoms with Crippen LogP contribution in [0.2, 0.25) is 0 Å². The lowest BCUT2D eigenvalue weighted by Gasteiger charge is -2.12. The van der Waals surface area contributed by atoms with Crippen LogP contribution in [-0.2, 0) is 7.05 Å². The summed E-state index contributed by atoms with van der Waals surface area (Å²) in [5, 5.41) is 7.48. The Balaban J connectivity index is 1.38. The minimum absolute atomic E-state index is 0.467. The van der Waals surface area contributed by atoms with Gasteiger partial charge in [0.15, 0.2) is 0 Å². The van der Waals surface area contributed by atoms with E-state index in [0.29, 0.717) is 29.4 Å². The molecule has 4 aromatic heterocycles. The third kappa shape index (κ3) is 4.22. The molecule has 0 aromatic carbocycles. The van der Waals surface area contributed by atoms with E-state index < -0.39 is 0 Å². The minimum atomic E-state index is 0.467. The Labute approximate surface area is 185 Å². The van der Waals surface area contributed by atoms with Gasteiger partial charge in [-0.25, -0.2) is 9.97 Å². The lowest BCUT2D eigenvalue weighted by atomic mass is 10.2. The first-order valence-electron chi connectivity index (χ1n) is 10.4. The standard InChI is InChI=1S/C23H23N7O2/c1-14-21(32-17-8-9-24-20(10-17)15-11-26-30(2)13-15)7-6-19(27-14)18-12-25-23(28-16-4-5-16)29-22(18)31-3/h6-13,16H,4-5H2,1-3H3,(H,25,28,29). The molecule has 5 rings (SSSR count). The predicted octanol–water partition coefficient (Wildman–Crippen LogP) is 4.02. The number of aryl methyl sites for hydroxylation is 2. The molecule has 1 fully saturated rings. The molecule has 1 saturated carbocycles. The summed E-state index contributed by atoms with van der Waals surface area (Å²) in [5.41, 5.74) is 3.90. The lowest BCUT2D eigenvalue weighted by molar-refractivity contribution is 0.399. The Morgan fingerprint density at radius 3 is 2.66 bits per heavy atom. The molecule has 0 atom stereocenters. The van der Waals surface area contributed by atoms with Crippen molar-refractivity contribution in [3.8, 4) is 39.9 Å². The summed E-state index contributed by atoms with van der Waals surface area (Å²) < 4.78 is 13.3. The van der Waals surface area contributed by atoms with Gasteiger partial charge in [-0.3, -0.25) is 9.67 Å². The monoisotopic (exact) mass is 429 g/mol. The van der Waals surface area contributed by atoms with Crippen molar-refractivity contribution in [2.45, 2.75) is 25.8 Å². The Hall–Kier alpha value is -4.01. The first-order chi connectivity index (χ1) is 15.6. The van der Waals surface area contributed by atoms with E-state index in [1.807, 2.05) is 44.4 Å². The van der Waals surface area contributed by atoms with E-state index in [-0.39, 0.29) is 0 Å². The Kier molecular flexibility index (Phi) is 5.14. The zero-order chi connectivity index (χ0) is 22.1. The fourth-order valence-electron chi connectivity index (χ4n) is 3.30. The minimum Gasteiger partial charge on any atom is -0.480 e. The fourth-order valence-corrected chi connectivity index (χ4v) is 3.30. The molecule has 0 bridgehead atoms. The number of anilines is 1. The van der Waals surface area contributed by atoms with Gasteiger partial charge < -0.3 is 14.8 Å². The van der Waals surface area contributed by atoms with Gasteiger partial charge in [0.2, 0.25) is 11.8 Å². The van der Waals surface area contributed by atoms with Gasteiger partial charge in [-0.15, -0.1) is 0 Å². The third-order valence-electron chi connectivity index (χ3n) is 5.13. The van der Waals surface area contributed by atoms with Crippen molar-refractivity contribution in [3.05, 3.63) is 54.7 Å². The van der Waals surface area contributed by atoms with E-state index >= 15 is 0 Å². The Morgan fingerprint density at radius 1 is 1.06 bits per heavy atom. The molecular formula is C23H23N7O2. The second kappa shape index (κ2) is 8.26. The smallest absolute Gasteiger partial charge is 0.227 e. The number of nitrogens with zero attached hydrogens (tertiary/aromatic N) is 6. The fraction of sp³-hybridized carbons (Fsp3) is 0.261. The van der Waals surface area contributed by atoms with E-state index in [1.54, 1.807) is 30.4 Å². The topological polar surface area (TPSA) is 99.9 Å². The molecule has 0 saturated heterocycles. The second-order valence-corrected chi connectivity index (χ2v) is 7.70. The van der Waals surface area contributed by atoms with Gasteiger partial charge in [0.05, 0.1) is 36.0 Å². The van der Waals surface area contributed by atoms with Crippen LogP contribution in [0.1, 0.15) is 18.5 Å². The number of hydrogen-bond acceptors (Lipinski definition) is 8. The van der Waals surface area contributed by atoms with Crippen molar-refractivity contribution in [1.82, 2.24) is 29.7 Å². The molecule has 1 aliphatic carbocycles. The number of ether oxygens (including phenoxy) is 2. The molecule has 1 aliphatic rings. The van der Waals surface area contributed by atoms with Crippen LogP contribution in [0.25, 0.3) is 22.5 Å². The number of pyridine rings is 2. The normalized spacial score (nSPS) is 13.1. The van der Waals surface area contributed by atoms with Crippen LogP contribution in [-0.4, -0.2) is 42.9 Å². The van der Waals surface area contributed by atoms with Gasteiger partial charge in [0, 0.05) is 43.3 Å². The van der Waals surface area contributed by atoms with Crippen LogP contribution in [0.5, 0.6) is 17.4 Å². The van der Waals surface area contributed by atoms with Gasteiger partial charge in [-0.1, -0.05) is 0 Å². The van der Waals surface area contributed by atoms with Crippen molar-refractivity contribution < 1.29 is 9.47 Å². The maximum absolute atomic E-state index is 6.09. The highest BCUT2D eigenvalue weighted by atomic mass is 16.5. The second-order valence-electron chi connectivity index (χ2n) is 7.70. The van der Waals surface area contributed by atoms with Crippen LogP contribution in [0.4, 0.5) is 5.95 Å². The summed E-state index contributed by atoms with van der Waals surface area (Å²) in [7, 11) is 3.47. The quantitative estimate of drug-likeness (QED) is 0.470. The molecular weight excluding hydrogens is 406 g/mol. The maximum Gasteiger partial charge on any atom is 0.227 e. The highest BCUT2D eigenvalue weighted by Gasteiger charge is 2.23. The van der Waals surface area contributed by atoms with E-state index in [0.717, 1.165) is 41.1 Å². The molecule has 0 unspecified atom stereocenters. The van der Waals surface area contributed by atoms with E-state index in [1.165, 1.54) is 0 Å². The predicted molar refractivity (Wildman–Crippen MR) is 120 cm³/mol. The molecule has 4 heterocycles. The van der Waals surface area contributed by atoms with Crippen LogP contribution < -0.4 is 14.8 Å². The van der Waals surface area contributed by atoms with Crippen LogP contribution in [0.15, 0.2) is 49.1 Å². The summed E-state index contributed by atoms with van der Waals surface area (Å²) in [5.74, 6) is 2.39. The van der Waals surface area contributed by atoms with Crippen molar-refractivity contribution in [2.75, 3.05) is 12.4 Å². The molecule has 32 heavy (non-hydrogen) atoms. The first kappa shape index (κ1) is 19.9. The zero-order valence-electron chi connectivity index (χ0n) is 18.1. The highest BCUT2D eigenvalue weighted by Crippen LogP contribution is 2.32. The molecule has 1 N–H and O–H groups in total. The number of methoxy groups -OCH3 is 1. The number of rotatable bonds is 7. The SMILES string of the molecule is COc1nc(NC2CC2)ncc1-c1ccc(Oc2ccnc(-c3cnn(C)c3)c2)c(C)n1. The van der Waals surface area contributed by atoms with Crippen molar-refractivity contribution in [2.24, 2.45) is 7.05 Å². The average molecular weight is 429 g/mol. The lowest BCUT2D eigenvalue weighted by Crippen LogP contribution is -2.07. The van der Waals surface area contributed by atoms with E-state index in [2.05, 4.69) is 25.4 Å². The highest BCUT2D eigenvalue weighted by molar-refractivity contribution is 5.66. The summed E-state index contributed by atoms with van der Waals surface area (Å²) in [6.07, 6.45) is 9.44. The molecule has 0 amide bonds. The van der Waals surface area contributed by atoms with Gasteiger partial charge in [0.1, 0.15) is 11.5 Å². The van der Waals surface area contributed by atoms with Crippen molar-refractivity contribution in [1.29, 1.82) is 0 Å². The van der Waals surface area contributed by atoms with Gasteiger partial charge >= 0.3 is 0 Å². The summed E-state index contributed by atoms with van der Waals surface area (Å²) >= 11 is 0. The van der Waals surface area contributed by atoms with Crippen molar-refractivity contribution in [3.63, 3.8) is 0 Å². The summed E-state index contributed by atoms with van der Waals surface area (Å²) in [6, 6.07) is 7.93. The number of aromatic nitrogens is 6. The zero-order valence-corrected chi connectivity index (χ0v) is 18.1. The number of nitrogens with one attached hydrogen (secondary N) is 1. The third-order valence-corrected chi connectivity index (χ3v) is 5.13. The van der Waals surface area contributed by atoms with Gasteiger partial charge in [-0.2, -0.15) is 10.1 Å². The van der Waals surface area contributed by atoms with E-state index in [4.69, 9.17) is 14.5 Å². The van der Waals surface area contributed by atoms with Crippen LogP contribution in [0, 0.1) is 6.92 Å². The summed E-state index contributed by atoms with van der Waals surface area (Å²) in [4.78, 5) is 18.0. The van der Waals surface area contributed by atoms with Gasteiger partial charge in [0.25, 0.3) is 0 Å². The Bertz CT molecular complexity index is 1270. The average Bonchev–Trinajstić information content (AvgIpc) is 3.51. The molecule has 0 radical (unpaired) electrons. The molecule has 4 aromatic rings. The van der Waals surface area contributed by atoms with Crippen molar-refractivity contribution >= 4 is 5.95 Å². The largest absolute Gasteiger partial charge is 0.480 e. The number of hydrogen-bond donors (Lipinski definition) is 1. The molecule has 0 spiro atoms. The molecule has 0 aliphatic heterocycles. The van der Waals surface area contributed by atoms with Crippen LogP contribution in [0.3, 0.4) is 0 Å². The summed E-state index contributed by atoms with van der Waals surface area (Å²) in [6.45, 7) is 1.90. The molecule has 162 valence electrons. The Morgan fingerprint density at radius 2 is 1.94 bits per heavy atom. The maximum atomic E-state index is 6.09. The van der Waals surface area contributed by atoms with E-state index in [9.17, 15) is 0 Å². The van der Waals surface area contributed by atoms with Gasteiger partial charge in [-0.05, 0) is 38.0 Å². The molecule has 9 heteroatoms.